The van der Waals surface area contributed by atoms with Gasteiger partial charge in [0.15, 0.2) is 0 Å². The van der Waals surface area contributed by atoms with E-state index in [1.165, 1.54) is 18.4 Å². The predicted molar refractivity (Wildman–Crippen MR) is 89.9 cm³/mol. The lowest BCUT2D eigenvalue weighted by molar-refractivity contribution is 0.249. The van der Waals surface area contributed by atoms with Gasteiger partial charge in [-0.3, -0.25) is 4.98 Å². The molecule has 0 fully saturated rings. The normalized spacial score (nSPS) is 11.7. The third-order valence-electron chi connectivity index (χ3n) is 3.56. The molecule has 2 rings (SSSR count). The number of hydrogen-bond acceptors (Lipinski definition) is 2. The van der Waals surface area contributed by atoms with Crippen molar-refractivity contribution in [1.29, 1.82) is 0 Å². The molecule has 22 heavy (non-hydrogen) atoms. The standard InChI is InChI=1S/C18H23N3O/c1-3-4-6-15-8-10-17(11-9-15)21-18(22)20-14(2)16-7-5-12-19-13-16/h5,7-14H,3-4,6H2,1-2H3,(H2,20,21,22)/t14-/m1/s1. The highest BCUT2D eigenvalue weighted by molar-refractivity contribution is 5.89. The maximum Gasteiger partial charge on any atom is 0.319 e. The van der Waals surface area contributed by atoms with Gasteiger partial charge < -0.3 is 10.6 Å². The summed E-state index contributed by atoms with van der Waals surface area (Å²) in [6.07, 6.45) is 6.94. The maximum absolute atomic E-state index is 12.0. The molecule has 1 atom stereocenters. The van der Waals surface area contributed by atoms with Gasteiger partial charge in [-0.15, -0.1) is 0 Å². The molecule has 2 aromatic rings. The van der Waals surface area contributed by atoms with Crippen LogP contribution in [-0.4, -0.2) is 11.0 Å². The Labute approximate surface area is 132 Å². The van der Waals surface area contributed by atoms with Gasteiger partial charge >= 0.3 is 6.03 Å². The van der Waals surface area contributed by atoms with E-state index in [1.807, 2.05) is 31.2 Å². The molecular formula is C18H23N3O. The van der Waals surface area contributed by atoms with E-state index >= 15 is 0 Å². The quantitative estimate of drug-likeness (QED) is 0.835. The topological polar surface area (TPSA) is 54.0 Å². The Morgan fingerprint density at radius 1 is 1.23 bits per heavy atom. The molecule has 2 N–H and O–H groups in total. The van der Waals surface area contributed by atoms with Gasteiger partial charge in [-0.05, 0) is 49.1 Å². The molecule has 1 aromatic heterocycles. The van der Waals surface area contributed by atoms with Crippen molar-refractivity contribution < 1.29 is 4.79 Å². The fourth-order valence-corrected chi connectivity index (χ4v) is 2.21. The van der Waals surface area contributed by atoms with E-state index in [9.17, 15) is 4.79 Å². The fourth-order valence-electron chi connectivity index (χ4n) is 2.21. The Balaban J connectivity index is 1.86. The van der Waals surface area contributed by atoms with Crippen molar-refractivity contribution >= 4 is 11.7 Å². The van der Waals surface area contributed by atoms with Gasteiger partial charge in [-0.2, -0.15) is 0 Å². The second-order valence-corrected chi connectivity index (χ2v) is 5.41. The van der Waals surface area contributed by atoms with E-state index in [2.05, 4.69) is 34.7 Å². The maximum atomic E-state index is 12.0. The van der Waals surface area contributed by atoms with Crippen molar-refractivity contribution in [1.82, 2.24) is 10.3 Å². The summed E-state index contributed by atoms with van der Waals surface area (Å²) in [5.41, 5.74) is 3.08. The van der Waals surface area contributed by atoms with Crippen LogP contribution in [0.4, 0.5) is 10.5 Å². The highest BCUT2D eigenvalue weighted by Gasteiger charge is 2.09. The van der Waals surface area contributed by atoms with Gasteiger partial charge in [0, 0.05) is 18.1 Å². The van der Waals surface area contributed by atoms with E-state index in [-0.39, 0.29) is 12.1 Å². The molecule has 4 heteroatoms. The summed E-state index contributed by atoms with van der Waals surface area (Å²) < 4.78 is 0. The van der Waals surface area contributed by atoms with Crippen molar-refractivity contribution in [2.24, 2.45) is 0 Å². The van der Waals surface area contributed by atoms with Crippen molar-refractivity contribution in [3.05, 3.63) is 59.9 Å². The number of hydrogen-bond donors (Lipinski definition) is 2. The molecule has 0 spiro atoms. The summed E-state index contributed by atoms with van der Waals surface area (Å²) in [5, 5.41) is 5.76. The highest BCUT2D eigenvalue weighted by Crippen LogP contribution is 2.13. The number of pyridine rings is 1. The molecule has 4 nitrogen and oxygen atoms in total. The van der Waals surface area contributed by atoms with Crippen molar-refractivity contribution in [3.8, 4) is 0 Å². The number of aryl methyl sites for hydroxylation is 1. The average Bonchev–Trinajstić information content (AvgIpc) is 2.55. The number of aromatic nitrogens is 1. The van der Waals surface area contributed by atoms with Crippen LogP contribution in [0.1, 0.15) is 43.9 Å². The fraction of sp³-hybridized carbons (Fsp3) is 0.333. The van der Waals surface area contributed by atoms with E-state index < -0.39 is 0 Å². The van der Waals surface area contributed by atoms with Crippen LogP contribution in [0.5, 0.6) is 0 Å². The first-order valence-corrected chi connectivity index (χ1v) is 7.75. The van der Waals surface area contributed by atoms with Crippen LogP contribution in [0, 0.1) is 0 Å². The number of carbonyl (C=O) groups excluding carboxylic acids is 1. The molecule has 0 radical (unpaired) electrons. The van der Waals surface area contributed by atoms with Gasteiger partial charge in [0.2, 0.25) is 0 Å². The molecule has 0 aliphatic rings. The molecule has 0 unspecified atom stereocenters. The molecule has 2 amide bonds. The number of rotatable bonds is 6. The first-order valence-electron chi connectivity index (χ1n) is 7.75. The Hall–Kier alpha value is -2.36. The predicted octanol–water partition coefficient (Wildman–Crippen LogP) is 4.31. The van der Waals surface area contributed by atoms with Crippen molar-refractivity contribution in [3.63, 3.8) is 0 Å². The minimum absolute atomic E-state index is 0.0856. The largest absolute Gasteiger partial charge is 0.331 e. The number of benzene rings is 1. The first-order chi connectivity index (χ1) is 10.7. The van der Waals surface area contributed by atoms with Crippen LogP contribution in [0.15, 0.2) is 48.8 Å². The highest BCUT2D eigenvalue weighted by atomic mass is 16.2. The Morgan fingerprint density at radius 3 is 2.64 bits per heavy atom. The molecule has 1 heterocycles. The zero-order chi connectivity index (χ0) is 15.8. The Morgan fingerprint density at radius 2 is 2.00 bits per heavy atom. The van der Waals surface area contributed by atoms with E-state index in [4.69, 9.17) is 0 Å². The summed E-state index contributed by atoms with van der Waals surface area (Å²) in [6.45, 7) is 4.12. The third-order valence-corrected chi connectivity index (χ3v) is 3.56. The van der Waals surface area contributed by atoms with Crippen molar-refractivity contribution in [2.75, 3.05) is 5.32 Å². The van der Waals surface area contributed by atoms with Crippen LogP contribution >= 0.6 is 0 Å². The lowest BCUT2D eigenvalue weighted by Gasteiger charge is -2.14. The third kappa shape index (κ3) is 4.88. The van der Waals surface area contributed by atoms with Crippen molar-refractivity contribution in [2.45, 2.75) is 39.2 Å². The van der Waals surface area contributed by atoms with Gasteiger partial charge in [0.1, 0.15) is 0 Å². The Bertz CT molecular complexity index is 581. The van der Waals surface area contributed by atoms with E-state index in [1.54, 1.807) is 12.4 Å². The molecule has 0 bridgehead atoms. The lowest BCUT2D eigenvalue weighted by atomic mass is 10.1. The number of unbranched alkanes of at least 4 members (excludes halogenated alkanes) is 1. The number of carbonyl (C=O) groups is 1. The lowest BCUT2D eigenvalue weighted by Crippen LogP contribution is -2.31. The van der Waals surface area contributed by atoms with Crippen LogP contribution in [0.25, 0.3) is 0 Å². The van der Waals surface area contributed by atoms with Crippen LogP contribution < -0.4 is 10.6 Å². The van der Waals surface area contributed by atoms with E-state index in [0.29, 0.717) is 0 Å². The average molecular weight is 297 g/mol. The second-order valence-electron chi connectivity index (χ2n) is 5.41. The number of nitrogens with zero attached hydrogens (tertiary/aromatic N) is 1. The number of nitrogens with one attached hydrogen (secondary N) is 2. The number of anilines is 1. The monoisotopic (exact) mass is 297 g/mol. The van der Waals surface area contributed by atoms with Crippen LogP contribution in [0.3, 0.4) is 0 Å². The SMILES string of the molecule is CCCCc1ccc(NC(=O)N[C@H](C)c2cccnc2)cc1. The summed E-state index contributed by atoms with van der Waals surface area (Å²) in [7, 11) is 0. The van der Waals surface area contributed by atoms with Crippen LogP contribution in [0.2, 0.25) is 0 Å². The Kier molecular flexibility index (Phi) is 5.95. The number of amides is 2. The summed E-state index contributed by atoms with van der Waals surface area (Å²) >= 11 is 0. The van der Waals surface area contributed by atoms with Gasteiger partial charge in [0.25, 0.3) is 0 Å². The smallest absolute Gasteiger partial charge is 0.319 e. The molecule has 0 saturated carbocycles. The molecule has 0 saturated heterocycles. The summed E-state index contributed by atoms with van der Waals surface area (Å²) in [4.78, 5) is 16.1. The van der Waals surface area contributed by atoms with Crippen LogP contribution in [-0.2, 0) is 6.42 Å². The zero-order valence-electron chi connectivity index (χ0n) is 13.2. The first kappa shape index (κ1) is 16.0. The summed E-state index contributed by atoms with van der Waals surface area (Å²) in [6, 6.07) is 11.5. The number of urea groups is 1. The van der Waals surface area contributed by atoms with Gasteiger partial charge in [0.05, 0.1) is 6.04 Å². The zero-order valence-corrected chi connectivity index (χ0v) is 13.2. The molecular weight excluding hydrogens is 274 g/mol. The van der Waals surface area contributed by atoms with Gasteiger partial charge in [-0.25, -0.2) is 4.79 Å². The van der Waals surface area contributed by atoms with Gasteiger partial charge in [-0.1, -0.05) is 31.5 Å². The minimum atomic E-state index is -0.210. The summed E-state index contributed by atoms with van der Waals surface area (Å²) in [5.74, 6) is 0. The second kappa shape index (κ2) is 8.17. The molecule has 0 aliphatic heterocycles. The molecule has 1 aromatic carbocycles. The molecule has 0 aliphatic carbocycles. The molecule has 116 valence electrons. The van der Waals surface area contributed by atoms with E-state index in [0.717, 1.165) is 17.7 Å². The minimum Gasteiger partial charge on any atom is -0.331 e.